The number of nitrogens with one attached hydrogen (secondary N) is 3. The van der Waals surface area contributed by atoms with Gasteiger partial charge >= 0.3 is 0 Å². The number of rotatable bonds is 16. The summed E-state index contributed by atoms with van der Waals surface area (Å²) >= 11 is 0. The normalized spacial score (nSPS) is 14.4. The van der Waals surface area contributed by atoms with E-state index in [4.69, 9.17) is 10.1 Å². The van der Waals surface area contributed by atoms with Crippen LogP contribution in [0.1, 0.15) is 58.3 Å². The number of allylic oxidation sites excluding steroid dienone is 2. The zero-order chi connectivity index (χ0) is 25.4. The molecule has 6 heteroatoms. The van der Waals surface area contributed by atoms with Crippen molar-refractivity contribution in [1.29, 1.82) is 0 Å². The number of unbranched alkanes of at least 4 members (excludes halogenated alkanes) is 6. The zero-order valence-corrected chi connectivity index (χ0v) is 21.4. The highest BCUT2D eigenvalue weighted by molar-refractivity contribution is 6.23. The van der Waals surface area contributed by atoms with Crippen molar-refractivity contribution in [2.24, 2.45) is 4.99 Å². The van der Waals surface area contributed by atoms with Crippen molar-refractivity contribution in [3.63, 3.8) is 0 Å². The molecule has 0 saturated heterocycles. The molecule has 0 atom stereocenters. The summed E-state index contributed by atoms with van der Waals surface area (Å²) in [4.78, 5) is 17.7. The first-order valence-corrected chi connectivity index (χ1v) is 13.3. The Balaban J connectivity index is 1.73. The maximum absolute atomic E-state index is 12.8. The lowest BCUT2D eigenvalue weighted by Crippen LogP contribution is -2.30. The number of aliphatic imine (C=N–C) groups is 1. The van der Waals surface area contributed by atoms with Gasteiger partial charge in [-0.2, -0.15) is 0 Å². The Hall–Kier alpha value is -3.38. The van der Waals surface area contributed by atoms with E-state index in [1.807, 2.05) is 54.6 Å². The smallest absolute Gasteiger partial charge is 0.203 e. The van der Waals surface area contributed by atoms with Gasteiger partial charge in [-0.05, 0) is 67.8 Å². The van der Waals surface area contributed by atoms with Crippen molar-refractivity contribution in [3.8, 4) is 0 Å². The molecule has 36 heavy (non-hydrogen) atoms. The van der Waals surface area contributed by atoms with Crippen molar-refractivity contribution in [3.05, 3.63) is 78.1 Å². The van der Waals surface area contributed by atoms with Gasteiger partial charge in [0.05, 0.1) is 17.1 Å². The van der Waals surface area contributed by atoms with Crippen LogP contribution in [0.4, 0.5) is 17.1 Å². The first-order valence-electron chi connectivity index (χ1n) is 13.3. The fourth-order valence-electron chi connectivity index (χ4n) is 4.01. The number of aliphatic hydroxyl groups excluding tert-OH is 1. The number of hydrogen-bond donors (Lipinski definition) is 4. The number of hydrogen-bond acceptors (Lipinski definition) is 6. The third-order valence-electron chi connectivity index (χ3n) is 6.05. The minimum atomic E-state index is -0.0404. The van der Waals surface area contributed by atoms with Crippen molar-refractivity contribution >= 4 is 28.6 Å². The largest absolute Gasteiger partial charge is 0.396 e. The van der Waals surface area contributed by atoms with E-state index in [-0.39, 0.29) is 12.4 Å². The minimum Gasteiger partial charge on any atom is -0.396 e. The Bertz CT molecular complexity index is 1030. The number of anilines is 2. The van der Waals surface area contributed by atoms with Crippen LogP contribution in [0.3, 0.4) is 0 Å². The molecule has 1 aliphatic rings. The summed E-state index contributed by atoms with van der Waals surface area (Å²) < 4.78 is 0. The molecule has 2 aromatic carbocycles. The van der Waals surface area contributed by atoms with Gasteiger partial charge in [0, 0.05) is 31.1 Å². The van der Waals surface area contributed by atoms with Gasteiger partial charge in [0.1, 0.15) is 5.70 Å². The van der Waals surface area contributed by atoms with Crippen LogP contribution in [-0.2, 0) is 4.79 Å². The van der Waals surface area contributed by atoms with Gasteiger partial charge in [0.25, 0.3) is 0 Å². The first-order chi connectivity index (χ1) is 17.7. The molecule has 192 valence electrons. The predicted molar refractivity (Wildman–Crippen MR) is 151 cm³/mol. The van der Waals surface area contributed by atoms with E-state index in [1.165, 1.54) is 12.8 Å². The Labute approximate surface area is 215 Å². The minimum absolute atomic E-state index is 0.0404. The zero-order valence-electron chi connectivity index (χ0n) is 21.4. The third-order valence-corrected chi connectivity index (χ3v) is 6.05. The quantitative estimate of drug-likeness (QED) is 0.163. The molecule has 0 saturated carbocycles. The van der Waals surface area contributed by atoms with Gasteiger partial charge in [-0.3, -0.25) is 4.79 Å². The van der Waals surface area contributed by atoms with E-state index in [9.17, 15) is 4.79 Å². The fraction of sp³-hybridized carbons (Fsp3) is 0.400. The molecule has 6 nitrogen and oxygen atoms in total. The first kappa shape index (κ1) is 27.2. The highest BCUT2D eigenvalue weighted by Gasteiger charge is 2.21. The van der Waals surface area contributed by atoms with Crippen LogP contribution in [0.5, 0.6) is 0 Å². The summed E-state index contributed by atoms with van der Waals surface area (Å²) in [5.41, 5.74) is 4.78. The molecule has 0 spiro atoms. The van der Waals surface area contributed by atoms with Gasteiger partial charge in [0.15, 0.2) is 0 Å². The highest BCUT2D eigenvalue weighted by Crippen LogP contribution is 2.23. The molecule has 0 unspecified atom stereocenters. The summed E-state index contributed by atoms with van der Waals surface area (Å²) in [6.07, 6.45) is 12.1. The van der Waals surface area contributed by atoms with Gasteiger partial charge in [-0.25, -0.2) is 4.99 Å². The summed E-state index contributed by atoms with van der Waals surface area (Å²) in [7, 11) is 0. The average Bonchev–Trinajstić information content (AvgIpc) is 2.90. The van der Waals surface area contributed by atoms with Crippen molar-refractivity contribution in [2.75, 3.05) is 30.3 Å². The second-order valence-corrected chi connectivity index (χ2v) is 9.03. The molecular weight excluding hydrogens is 448 g/mol. The van der Waals surface area contributed by atoms with Crippen LogP contribution in [0.2, 0.25) is 0 Å². The molecule has 3 rings (SSSR count). The Morgan fingerprint density at radius 1 is 0.722 bits per heavy atom. The molecule has 4 N–H and O–H groups in total. The predicted octanol–water partition coefficient (Wildman–Crippen LogP) is 6.36. The van der Waals surface area contributed by atoms with Crippen molar-refractivity contribution in [2.45, 2.75) is 58.3 Å². The second-order valence-electron chi connectivity index (χ2n) is 9.03. The van der Waals surface area contributed by atoms with Crippen LogP contribution in [0, 0.1) is 0 Å². The number of ketones is 1. The van der Waals surface area contributed by atoms with Crippen LogP contribution in [0.25, 0.3) is 0 Å². The van der Waals surface area contributed by atoms with Gasteiger partial charge in [0.2, 0.25) is 5.78 Å². The topological polar surface area (TPSA) is 85.8 Å². The average molecular weight is 489 g/mol. The molecule has 0 radical (unpaired) electrons. The fourth-order valence-corrected chi connectivity index (χ4v) is 4.01. The molecule has 0 amide bonds. The van der Waals surface area contributed by atoms with E-state index >= 15 is 0 Å². The molecule has 0 aliphatic heterocycles. The molecular formula is C30H40N4O2. The Kier molecular flexibility index (Phi) is 11.8. The monoisotopic (exact) mass is 488 g/mol. The van der Waals surface area contributed by atoms with Crippen molar-refractivity contribution in [1.82, 2.24) is 5.32 Å². The lowest BCUT2D eigenvalue weighted by molar-refractivity contribution is -0.111. The lowest BCUT2D eigenvalue weighted by Gasteiger charge is -2.20. The van der Waals surface area contributed by atoms with Crippen LogP contribution < -0.4 is 16.0 Å². The number of benzene rings is 2. The van der Waals surface area contributed by atoms with E-state index in [0.29, 0.717) is 11.4 Å². The van der Waals surface area contributed by atoms with Crippen LogP contribution in [-0.4, -0.2) is 36.3 Å². The highest BCUT2D eigenvalue weighted by atomic mass is 16.2. The van der Waals surface area contributed by atoms with Crippen molar-refractivity contribution < 1.29 is 9.90 Å². The number of para-hydroxylation sites is 1. The van der Waals surface area contributed by atoms with Gasteiger partial charge < -0.3 is 21.1 Å². The van der Waals surface area contributed by atoms with E-state index in [1.54, 1.807) is 12.2 Å². The molecule has 0 heterocycles. The number of aliphatic hydroxyl groups is 1. The Morgan fingerprint density at radius 2 is 1.42 bits per heavy atom. The van der Waals surface area contributed by atoms with E-state index in [0.717, 1.165) is 74.4 Å². The van der Waals surface area contributed by atoms with Gasteiger partial charge in [-0.15, -0.1) is 0 Å². The summed E-state index contributed by atoms with van der Waals surface area (Å²) in [5.74, 6) is -0.0404. The molecule has 2 aromatic rings. The summed E-state index contributed by atoms with van der Waals surface area (Å²) in [5, 5.41) is 19.1. The molecule has 0 aromatic heterocycles. The Morgan fingerprint density at radius 3 is 2.14 bits per heavy atom. The van der Waals surface area contributed by atoms with Gasteiger partial charge in [-0.1, -0.05) is 57.2 Å². The number of carbonyl (C=O) groups is 1. The third kappa shape index (κ3) is 9.00. The molecule has 0 bridgehead atoms. The van der Waals surface area contributed by atoms with Crippen LogP contribution >= 0.6 is 0 Å². The van der Waals surface area contributed by atoms with E-state index in [2.05, 4.69) is 22.9 Å². The maximum Gasteiger partial charge on any atom is 0.203 e. The van der Waals surface area contributed by atoms with E-state index < -0.39 is 0 Å². The molecule has 0 fully saturated rings. The second kappa shape index (κ2) is 15.6. The summed E-state index contributed by atoms with van der Waals surface area (Å²) in [6.45, 7) is 4.13. The number of nitrogens with zero attached hydrogens (tertiary/aromatic N) is 1. The van der Waals surface area contributed by atoms with Crippen LogP contribution in [0.15, 0.2) is 83.1 Å². The SMILES string of the molecule is CCCCCCNC1=C(Nc2ccccc2)/C(=N/c2ccc(NCCCCCCO)cc2)C=CC1=O. The summed E-state index contributed by atoms with van der Waals surface area (Å²) in [6, 6.07) is 17.9. The standard InChI is InChI=1S/C30H40N4O2/c1-2-3-4-10-22-32-30-28(36)20-19-27(29(30)34-25-13-8-7-9-14-25)33-26-17-15-24(16-18-26)31-21-11-5-6-12-23-35/h7-9,13-20,31-32,34-35H,2-6,10-12,21-23H2,1H3/b33-27+. The maximum atomic E-state index is 12.8. The number of carbonyl (C=O) groups excluding carboxylic acids is 1. The lowest BCUT2D eigenvalue weighted by atomic mass is 10.0. The molecule has 1 aliphatic carbocycles.